The summed E-state index contributed by atoms with van der Waals surface area (Å²) >= 11 is 3.00. The van der Waals surface area contributed by atoms with Crippen molar-refractivity contribution >= 4 is 39.8 Å². The highest BCUT2D eigenvalue weighted by atomic mass is 32.2. The van der Waals surface area contributed by atoms with Crippen LogP contribution in [-0.4, -0.2) is 15.9 Å². The molecule has 31 heavy (non-hydrogen) atoms. The number of thiazole rings is 1. The zero-order chi connectivity index (χ0) is 22.0. The lowest BCUT2D eigenvalue weighted by atomic mass is 9.95. The fourth-order valence-electron chi connectivity index (χ4n) is 3.88. The number of hydrogen-bond donors (Lipinski definition) is 0. The van der Waals surface area contributed by atoms with Crippen molar-refractivity contribution in [3.63, 3.8) is 0 Å². The standard InChI is InChI=1S/C24H24N4OS2/c1-15-8-9-22(16(2)10-15)28(17(3)29)24-26-20(14-31-24)13-30-23-19(12-25)11-18-6-4-5-7-21(18)27-23/h8-11,14H,4-7,13H2,1-3H3. The van der Waals surface area contributed by atoms with Crippen LogP contribution in [0.15, 0.2) is 34.7 Å². The molecule has 0 aliphatic heterocycles. The molecule has 1 aliphatic rings. The van der Waals surface area contributed by atoms with Crippen molar-refractivity contribution in [2.75, 3.05) is 4.90 Å². The van der Waals surface area contributed by atoms with Crippen molar-refractivity contribution in [2.24, 2.45) is 0 Å². The first-order valence-electron chi connectivity index (χ1n) is 10.3. The van der Waals surface area contributed by atoms with Gasteiger partial charge in [-0.15, -0.1) is 11.3 Å². The Morgan fingerprint density at radius 3 is 2.77 bits per heavy atom. The Bertz CT molecular complexity index is 1180. The van der Waals surface area contributed by atoms with Crippen LogP contribution in [0.25, 0.3) is 0 Å². The van der Waals surface area contributed by atoms with Gasteiger partial charge in [0.1, 0.15) is 11.1 Å². The maximum Gasteiger partial charge on any atom is 0.230 e. The molecular weight excluding hydrogens is 424 g/mol. The van der Waals surface area contributed by atoms with Gasteiger partial charge in [0.2, 0.25) is 5.91 Å². The summed E-state index contributed by atoms with van der Waals surface area (Å²) in [6, 6.07) is 10.4. The molecule has 0 bridgehead atoms. The SMILES string of the molecule is CC(=O)N(c1nc(CSc2nc3c(cc2C#N)CCCC3)cs1)c1ccc(C)cc1C. The number of benzene rings is 1. The van der Waals surface area contributed by atoms with Crippen molar-refractivity contribution in [3.05, 3.63) is 63.3 Å². The highest BCUT2D eigenvalue weighted by molar-refractivity contribution is 7.98. The smallest absolute Gasteiger partial charge is 0.230 e. The number of nitriles is 1. The van der Waals surface area contributed by atoms with E-state index in [2.05, 4.69) is 12.1 Å². The number of amides is 1. The topological polar surface area (TPSA) is 69.9 Å². The molecule has 0 N–H and O–H groups in total. The highest BCUT2D eigenvalue weighted by Gasteiger charge is 2.20. The second kappa shape index (κ2) is 9.21. The monoisotopic (exact) mass is 448 g/mol. The summed E-state index contributed by atoms with van der Waals surface area (Å²) < 4.78 is 0. The second-order valence-electron chi connectivity index (χ2n) is 7.82. The van der Waals surface area contributed by atoms with Crippen molar-refractivity contribution in [2.45, 2.75) is 57.2 Å². The summed E-state index contributed by atoms with van der Waals surface area (Å²) in [6.07, 6.45) is 4.32. The van der Waals surface area contributed by atoms with Crippen LogP contribution in [-0.2, 0) is 23.4 Å². The molecule has 1 amide bonds. The van der Waals surface area contributed by atoms with Crippen LogP contribution in [0.4, 0.5) is 10.8 Å². The maximum atomic E-state index is 12.4. The van der Waals surface area contributed by atoms with Gasteiger partial charge in [-0.3, -0.25) is 9.69 Å². The lowest BCUT2D eigenvalue weighted by Crippen LogP contribution is -2.23. The van der Waals surface area contributed by atoms with Crippen LogP contribution in [0.5, 0.6) is 0 Å². The molecule has 5 nitrogen and oxygen atoms in total. The van der Waals surface area contributed by atoms with Crippen molar-refractivity contribution < 1.29 is 4.79 Å². The molecule has 1 aliphatic carbocycles. The Balaban J connectivity index is 1.55. The molecule has 2 heterocycles. The van der Waals surface area contributed by atoms with E-state index in [1.165, 1.54) is 35.1 Å². The Labute approximate surface area is 191 Å². The van der Waals surface area contributed by atoms with E-state index in [-0.39, 0.29) is 5.91 Å². The quantitative estimate of drug-likeness (QED) is 0.456. The zero-order valence-corrected chi connectivity index (χ0v) is 19.6. The highest BCUT2D eigenvalue weighted by Crippen LogP contribution is 2.34. The third-order valence-corrected chi connectivity index (χ3v) is 7.28. The summed E-state index contributed by atoms with van der Waals surface area (Å²) in [5.74, 6) is 0.541. The molecule has 0 fully saturated rings. The predicted octanol–water partition coefficient (Wildman–Crippen LogP) is 5.88. The molecule has 3 aromatic rings. The maximum absolute atomic E-state index is 12.4. The average Bonchev–Trinajstić information content (AvgIpc) is 3.21. The van der Waals surface area contributed by atoms with Gasteiger partial charge in [-0.25, -0.2) is 9.97 Å². The van der Waals surface area contributed by atoms with E-state index in [9.17, 15) is 10.1 Å². The van der Waals surface area contributed by atoms with Crippen LogP contribution < -0.4 is 4.90 Å². The predicted molar refractivity (Wildman–Crippen MR) is 126 cm³/mol. The minimum absolute atomic E-state index is 0.0661. The number of carbonyl (C=O) groups excluding carboxylic acids is 1. The number of nitrogens with zero attached hydrogens (tertiary/aromatic N) is 4. The number of thioether (sulfide) groups is 1. The normalized spacial score (nSPS) is 12.8. The average molecular weight is 449 g/mol. The molecule has 0 unspecified atom stereocenters. The number of carbonyl (C=O) groups is 1. The first-order chi connectivity index (χ1) is 15.0. The minimum Gasteiger partial charge on any atom is -0.274 e. The fraction of sp³-hybridized carbons (Fsp3) is 0.333. The molecule has 4 rings (SSSR count). The van der Waals surface area contributed by atoms with Gasteiger partial charge >= 0.3 is 0 Å². The first kappa shape index (κ1) is 21.5. The summed E-state index contributed by atoms with van der Waals surface area (Å²) in [5.41, 5.74) is 6.92. The van der Waals surface area contributed by atoms with Gasteiger partial charge in [0, 0.05) is 23.8 Å². The van der Waals surface area contributed by atoms with Crippen LogP contribution in [0, 0.1) is 25.2 Å². The molecule has 158 valence electrons. The van der Waals surface area contributed by atoms with E-state index in [0.29, 0.717) is 16.4 Å². The van der Waals surface area contributed by atoms with Crippen molar-refractivity contribution in [1.29, 1.82) is 5.26 Å². The first-order valence-corrected chi connectivity index (χ1v) is 12.2. The van der Waals surface area contributed by atoms with Crippen LogP contribution >= 0.6 is 23.1 Å². The van der Waals surface area contributed by atoms with E-state index in [4.69, 9.17) is 9.97 Å². The Kier molecular flexibility index (Phi) is 6.40. The third kappa shape index (κ3) is 4.65. The van der Waals surface area contributed by atoms with E-state index < -0.39 is 0 Å². The molecule has 7 heteroatoms. The summed E-state index contributed by atoms with van der Waals surface area (Å²) in [4.78, 5) is 23.6. The fourth-order valence-corrected chi connectivity index (χ4v) is 5.73. The molecule has 0 radical (unpaired) electrons. The van der Waals surface area contributed by atoms with Gasteiger partial charge < -0.3 is 0 Å². The lowest BCUT2D eigenvalue weighted by Gasteiger charge is -2.20. The molecule has 0 saturated carbocycles. The molecule has 0 spiro atoms. The summed E-state index contributed by atoms with van der Waals surface area (Å²) in [6.45, 7) is 5.61. The molecular formula is C24H24N4OS2. The summed E-state index contributed by atoms with van der Waals surface area (Å²) in [5, 5.41) is 13.0. The Morgan fingerprint density at radius 2 is 2.03 bits per heavy atom. The van der Waals surface area contributed by atoms with Gasteiger partial charge in [-0.2, -0.15) is 5.26 Å². The zero-order valence-electron chi connectivity index (χ0n) is 17.9. The molecule has 2 aromatic heterocycles. The number of hydrogen-bond acceptors (Lipinski definition) is 6. The Morgan fingerprint density at radius 1 is 1.23 bits per heavy atom. The van der Waals surface area contributed by atoms with E-state index >= 15 is 0 Å². The number of pyridine rings is 1. The van der Waals surface area contributed by atoms with Gasteiger partial charge in [0.25, 0.3) is 0 Å². The third-order valence-electron chi connectivity index (χ3n) is 5.38. The number of anilines is 2. The van der Waals surface area contributed by atoms with Crippen molar-refractivity contribution in [1.82, 2.24) is 9.97 Å². The molecule has 1 aromatic carbocycles. The van der Waals surface area contributed by atoms with Gasteiger partial charge in [0.05, 0.1) is 16.9 Å². The number of aromatic nitrogens is 2. The number of aryl methyl sites for hydroxylation is 4. The van der Waals surface area contributed by atoms with Crippen LogP contribution in [0.2, 0.25) is 0 Å². The van der Waals surface area contributed by atoms with Gasteiger partial charge in [0.15, 0.2) is 5.13 Å². The number of rotatable bonds is 5. The summed E-state index contributed by atoms with van der Waals surface area (Å²) in [7, 11) is 0. The Hall–Kier alpha value is -2.69. The number of fused-ring (bicyclic) bond motifs is 1. The second-order valence-corrected chi connectivity index (χ2v) is 9.62. The van der Waals surface area contributed by atoms with Gasteiger partial charge in [-0.05, 0) is 62.8 Å². The lowest BCUT2D eigenvalue weighted by molar-refractivity contribution is -0.115. The van der Waals surface area contributed by atoms with E-state index in [1.54, 1.807) is 11.8 Å². The van der Waals surface area contributed by atoms with Crippen LogP contribution in [0.1, 0.15) is 53.4 Å². The van der Waals surface area contributed by atoms with Gasteiger partial charge in [-0.1, -0.05) is 29.5 Å². The van der Waals surface area contributed by atoms with Crippen molar-refractivity contribution in [3.8, 4) is 6.07 Å². The minimum atomic E-state index is -0.0661. The van der Waals surface area contributed by atoms with E-state index in [0.717, 1.165) is 52.5 Å². The largest absolute Gasteiger partial charge is 0.274 e. The molecule has 0 atom stereocenters. The van der Waals surface area contributed by atoms with Crippen LogP contribution in [0.3, 0.4) is 0 Å². The van der Waals surface area contributed by atoms with E-state index in [1.807, 2.05) is 37.4 Å². The molecule has 0 saturated heterocycles.